The third-order valence-corrected chi connectivity index (χ3v) is 6.93. The number of hydrogen-bond donors (Lipinski definition) is 0. The van der Waals surface area contributed by atoms with E-state index in [-0.39, 0.29) is 23.6 Å². The lowest BCUT2D eigenvalue weighted by molar-refractivity contribution is -0.130. The van der Waals surface area contributed by atoms with E-state index in [9.17, 15) is 14.4 Å². The summed E-state index contributed by atoms with van der Waals surface area (Å²) >= 11 is 4.50. The number of carbonyl (C=O) groups excluding carboxylic acids is 3. The molecule has 0 bridgehead atoms. The summed E-state index contributed by atoms with van der Waals surface area (Å²) in [6.45, 7) is 4.40. The van der Waals surface area contributed by atoms with Crippen LogP contribution in [0.1, 0.15) is 38.2 Å². The minimum absolute atomic E-state index is 0.110. The second-order valence-corrected chi connectivity index (χ2v) is 9.56. The van der Waals surface area contributed by atoms with Crippen LogP contribution < -0.4 is 0 Å². The number of imide groups is 1. The highest BCUT2D eigenvalue weighted by atomic mass is 79.9. The first-order valence-electron chi connectivity index (χ1n) is 10.3. The number of aromatic nitrogens is 1. The molecule has 1 aromatic carbocycles. The normalized spacial score (nSPS) is 18.4. The van der Waals surface area contributed by atoms with Gasteiger partial charge in [-0.25, -0.2) is 0 Å². The van der Waals surface area contributed by atoms with E-state index in [0.717, 1.165) is 71.5 Å². The Kier molecular flexibility index (Phi) is 6.34. The maximum atomic E-state index is 12.7. The third-order valence-electron chi connectivity index (χ3n) is 5.53. The standard InChI is InChI=1S/C22H24BrN3O3S/c1-2-3-10-26-21(28)19(30-22(26)29)11-15-13-25(14-20(27)24-8-4-5-9-24)18-7-6-16(23)12-17(15)18/h6-7,11-13H,2-5,8-10,14H2,1H3/b19-11-. The Hall–Kier alpha value is -2.06. The molecule has 0 saturated carbocycles. The van der Waals surface area contributed by atoms with Crippen molar-refractivity contribution in [3.63, 3.8) is 0 Å². The van der Waals surface area contributed by atoms with Crippen molar-refractivity contribution in [1.29, 1.82) is 0 Å². The molecule has 2 aliphatic heterocycles. The number of hydrogen-bond acceptors (Lipinski definition) is 4. The summed E-state index contributed by atoms with van der Waals surface area (Å²) in [6.07, 6.45) is 7.53. The minimum Gasteiger partial charge on any atom is -0.341 e. The zero-order valence-corrected chi connectivity index (χ0v) is 19.3. The van der Waals surface area contributed by atoms with Crippen LogP contribution in [0.15, 0.2) is 33.8 Å². The Morgan fingerprint density at radius 3 is 2.73 bits per heavy atom. The average Bonchev–Trinajstić information content (AvgIpc) is 3.42. The van der Waals surface area contributed by atoms with Crippen LogP contribution in [-0.4, -0.2) is 51.1 Å². The number of amides is 3. The van der Waals surface area contributed by atoms with Gasteiger partial charge in [0.15, 0.2) is 0 Å². The number of unbranched alkanes of at least 4 members (excludes halogenated alkanes) is 1. The Labute approximate surface area is 188 Å². The quantitative estimate of drug-likeness (QED) is 0.543. The minimum atomic E-state index is -0.234. The number of likely N-dealkylation sites (tertiary alicyclic amines) is 1. The number of nitrogens with zero attached hydrogens (tertiary/aromatic N) is 3. The van der Waals surface area contributed by atoms with Crippen LogP contribution in [0.25, 0.3) is 17.0 Å². The molecule has 2 saturated heterocycles. The molecule has 158 valence electrons. The van der Waals surface area contributed by atoms with Crippen LogP contribution in [0.2, 0.25) is 0 Å². The van der Waals surface area contributed by atoms with E-state index in [1.165, 1.54) is 4.90 Å². The fourth-order valence-corrected chi connectivity index (χ4v) is 5.12. The molecule has 3 heterocycles. The summed E-state index contributed by atoms with van der Waals surface area (Å²) in [5.41, 5.74) is 1.77. The van der Waals surface area contributed by atoms with Crippen LogP contribution in [0.5, 0.6) is 0 Å². The number of rotatable bonds is 6. The number of carbonyl (C=O) groups is 3. The van der Waals surface area contributed by atoms with Gasteiger partial charge in [0.1, 0.15) is 6.54 Å². The Bertz CT molecular complexity index is 1040. The van der Waals surface area contributed by atoms with Crippen molar-refractivity contribution < 1.29 is 14.4 Å². The van der Waals surface area contributed by atoms with E-state index in [0.29, 0.717) is 11.4 Å². The highest BCUT2D eigenvalue weighted by Gasteiger charge is 2.34. The van der Waals surface area contributed by atoms with Crippen LogP contribution in [-0.2, 0) is 16.1 Å². The van der Waals surface area contributed by atoms with Gasteiger partial charge in [-0.3, -0.25) is 19.3 Å². The maximum absolute atomic E-state index is 12.7. The van der Waals surface area contributed by atoms with E-state index < -0.39 is 0 Å². The Morgan fingerprint density at radius 2 is 2.00 bits per heavy atom. The van der Waals surface area contributed by atoms with Gasteiger partial charge >= 0.3 is 0 Å². The van der Waals surface area contributed by atoms with E-state index in [4.69, 9.17) is 0 Å². The Balaban J connectivity index is 1.66. The van der Waals surface area contributed by atoms with Gasteiger partial charge in [-0.1, -0.05) is 29.3 Å². The van der Waals surface area contributed by atoms with E-state index in [1.54, 1.807) is 6.08 Å². The molecule has 30 heavy (non-hydrogen) atoms. The summed E-state index contributed by atoms with van der Waals surface area (Å²) in [6, 6.07) is 5.90. The Morgan fingerprint density at radius 1 is 1.23 bits per heavy atom. The van der Waals surface area contributed by atoms with E-state index in [1.807, 2.05) is 40.8 Å². The van der Waals surface area contributed by atoms with Crippen molar-refractivity contribution in [2.45, 2.75) is 39.2 Å². The van der Waals surface area contributed by atoms with Crippen molar-refractivity contribution in [3.8, 4) is 0 Å². The molecule has 2 fully saturated rings. The predicted molar refractivity (Wildman–Crippen MR) is 123 cm³/mol. The topological polar surface area (TPSA) is 62.6 Å². The molecular weight excluding hydrogens is 466 g/mol. The van der Waals surface area contributed by atoms with Gasteiger partial charge in [0.05, 0.1) is 4.91 Å². The van der Waals surface area contributed by atoms with Crippen LogP contribution in [0, 0.1) is 0 Å². The molecule has 0 aliphatic carbocycles. The van der Waals surface area contributed by atoms with Gasteiger partial charge in [0.25, 0.3) is 11.1 Å². The fraction of sp³-hybridized carbons (Fsp3) is 0.409. The van der Waals surface area contributed by atoms with Gasteiger partial charge in [-0.15, -0.1) is 0 Å². The number of benzene rings is 1. The zero-order valence-electron chi connectivity index (χ0n) is 16.9. The first-order chi connectivity index (χ1) is 14.5. The molecule has 0 atom stereocenters. The third kappa shape index (κ3) is 4.21. The zero-order chi connectivity index (χ0) is 21.3. The van der Waals surface area contributed by atoms with Crippen molar-refractivity contribution in [2.24, 2.45) is 0 Å². The van der Waals surface area contributed by atoms with E-state index >= 15 is 0 Å². The molecule has 6 nitrogen and oxygen atoms in total. The molecule has 1 aromatic heterocycles. The average molecular weight is 490 g/mol. The molecule has 4 rings (SSSR count). The monoisotopic (exact) mass is 489 g/mol. The highest BCUT2D eigenvalue weighted by Crippen LogP contribution is 2.35. The molecule has 2 aromatic rings. The van der Waals surface area contributed by atoms with Crippen molar-refractivity contribution in [1.82, 2.24) is 14.4 Å². The first-order valence-corrected chi connectivity index (χ1v) is 11.9. The second-order valence-electron chi connectivity index (χ2n) is 7.65. The molecular formula is C22H24BrN3O3S. The van der Waals surface area contributed by atoms with Gasteiger partial charge < -0.3 is 9.47 Å². The van der Waals surface area contributed by atoms with Crippen LogP contribution >= 0.6 is 27.7 Å². The van der Waals surface area contributed by atoms with Gasteiger partial charge in [-0.2, -0.15) is 0 Å². The predicted octanol–water partition coefficient (Wildman–Crippen LogP) is 4.86. The van der Waals surface area contributed by atoms with Gasteiger partial charge in [0.2, 0.25) is 5.91 Å². The molecule has 8 heteroatoms. The number of fused-ring (bicyclic) bond motifs is 1. The largest absolute Gasteiger partial charge is 0.341 e. The van der Waals surface area contributed by atoms with Crippen LogP contribution in [0.3, 0.4) is 0 Å². The maximum Gasteiger partial charge on any atom is 0.293 e. The fourth-order valence-electron chi connectivity index (χ4n) is 3.91. The number of halogens is 1. The molecule has 0 unspecified atom stereocenters. The second kappa shape index (κ2) is 8.98. The summed E-state index contributed by atoms with van der Waals surface area (Å²) in [5.74, 6) is -0.124. The number of thioether (sulfide) groups is 1. The molecule has 0 radical (unpaired) electrons. The molecule has 0 spiro atoms. The molecule has 3 amide bonds. The van der Waals surface area contributed by atoms with E-state index in [2.05, 4.69) is 15.9 Å². The lowest BCUT2D eigenvalue weighted by atomic mass is 10.1. The van der Waals surface area contributed by atoms with Gasteiger partial charge in [0, 0.05) is 46.8 Å². The first kappa shape index (κ1) is 21.2. The highest BCUT2D eigenvalue weighted by molar-refractivity contribution is 9.10. The summed E-state index contributed by atoms with van der Waals surface area (Å²) in [5, 5.41) is 0.729. The lowest BCUT2D eigenvalue weighted by Crippen LogP contribution is -2.30. The summed E-state index contributed by atoms with van der Waals surface area (Å²) in [4.78, 5) is 41.3. The van der Waals surface area contributed by atoms with Gasteiger partial charge in [-0.05, 0) is 55.3 Å². The van der Waals surface area contributed by atoms with Crippen molar-refractivity contribution in [2.75, 3.05) is 19.6 Å². The molecule has 2 aliphatic rings. The lowest BCUT2D eigenvalue weighted by Gasteiger charge is -2.16. The SMILES string of the molecule is CCCCN1C(=O)S/C(=C\c2cn(CC(=O)N3CCCC3)c3ccc(Br)cc23)C1=O. The summed E-state index contributed by atoms with van der Waals surface area (Å²) < 4.78 is 2.86. The summed E-state index contributed by atoms with van der Waals surface area (Å²) in [7, 11) is 0. The van der Waals surface area contributed by atoms with Crippen molar-refractivity contribution in [3.05, 3.63) is 39.3 Å². The van der Waals surface area contributed by atoms with Crippen molar-refractivity contribution >= 4 is 61.7 Å². The smallest absolute Gasteiger partial charge is 0.293 e. The molecule has 0 N–H and O–H groups in total. The van der Waals surface area contributed by atoms with Crippen LogP contribution in [0.4, 0.5) is 4.79 Å².